The number of hydrogen-bond acceptors (Lipinski definition) is 3. The number of methoxy groups -OCH3 is 1. The van der Waals surface area contributed by atoms with E-state index in [2.05, 4.69) is 5.10 Å². The van der Waals surface area contributed by atoms with Gasteiger partial charge < -0.3 is 9.84 Å². The van der Waals surface area contributed by atoms with Crippen LogP contribution in [-0.4, -0.2) is 28.0 Å². The Hall–Kier alpha value is -2.30. The summed E-state index contributed by atoms with van der Waals surface area (Å²) in [5, 5.41) is 12.9. The maximum Gasteiger partial charge on any atom is 0.303 e. The molecule has 5 nitrogen and oxygen atoms in total. The van der Waals surface area contributed by atoms with Gasteiger partial charge in [-0.3, -0.25) is 4.79 Å². The second kappa shape index (κ2) is 5.35. The Morgan fingerprint density at radius 1 is 1.44 bits per heavy atom. The van der Waals surface area contributed by atoms with E-state index in [0.717, 1.165) is 17.0 Å². The van der Waals surface area contributed by atoms with E-state index in [4.69, 9.17) is 9.84 Å². The zero-order valence-electron chi connectivity index (χ0n) is 10.0. The van der Waals surface area contributed by atoms with Crippen molar-refractivity contribution in [3.63, 3.8) is 0 Å². The molecule has 0 spiro atoms. The number of carboxylic acid groups (broad SMARTS) is 1. The molecular weight excluding hydrogens is 232 g/mol. The minimum absolute atomic E-state index is 0.109. The fourth-order valence-corrected chi connectivity index (χ4v) is 1.69. The van der Waals surface area contributed by atoms with Crippen molar-refractivity contribution in [3.05, 3.63) is 42.2 Å². The average Bonchev–Trinajstić information content (AvgIpc) is 2.85. The lowest BCUT2D eigenvalue weighted by Crippen LogP contribution is -1.98. The van der Waals surface area contributed by atoms with Crippen LogP contribution in [0.25, 0.3) is 5.69 Å². The molecule has 94 valence electrons. The van der Waals surface area contributed by atoms with Gasteiger partial charge in [-0.25, -0.2) is 4.68 Å². The zero-order valence-corrected chi connectivity index (χ0v) is 10.0. The van der Waals surface area contributed by atoms with Gasteiger partial charge >= 0.3 is 5.97 Å². The molecule has 1 aromatic heterocycles. The molecule has 0 aliphatic carbocycles. The quantitative estimate of drug-likeness (QED) is 0.875. The summed E-state index contributed by atoms with van der Waals surface area (Å²) in [7, 11) is 1.60. The van der Waals surface area contributed by atoms with Crippen LogP contribution < -0.4 is 4.74 Å². The van der Waals surface area contributed by atoms with Gasteiger partial charge in [0.05, 0.1) is 13.3 Å². The number of nitrogens with zero attached hydrogens (tertiary/aromatic N) is 2. The number of rotatable bonds is 5. The molecule has 0 fully saturated rings. The summed E-state index contributed by atoms with van der Waals surface area (Å²) >= 11 is 0. The first-order valence-corrected chi connectivity index (χ1v) is 5.59. The minimum atomic E-state index is -0.806. The van der Waals surface area contributed by atoms with Crippen LogP contribution in [0, 0.1) is 0 Å². The van der Waals surface area contributed by atoms with E-state index in [1.807, 2.05) is 30.5 Å². The zero-order chi connectivity index (χ0) is 13.0. The largest absolute Gasteiger partial charge is 0.494 e. The molecule has 0 saturated carbocycles. The van der Waals surface area contributed by atoms with Gasteiger partial charge in [-0.15, -0.1) is 0 Å². The lowest BCUT2D eigenvalue weighted by atomic mass is 10.2. The SMILES string of the molecule is COc1ccccc1-n1cc(CCC(=O)O)cn1. The summed E-state index contributed by atoms with van der Waals surface area (Å²) < 4.78 is 6.94. The van der Waals surface area contributed by atoms with Crippen LogP contribution >= 0.6 is 0 Å². The molecule has 2 rings (SSSR count). The number of aromatic nitrogens is 2. The van der Waals surface area contributed by atoms with E-state index < -0.39 is 5.97 Å². The molecule has 5 heteroatoms. The number of carboxylic acids is 1. The van der Waals surface area contributed by atoms with Gasteiger partial charge in [-0.1, -0.05) is 12.1 Å². The van der Waals surface area contributed by atoms with E-state index in [1.54, 1.807) is 18.0 Å². The molecule has 0 bridgehead atoms. The van der Waals surface area contributed by atoms with Crippen LogP contribution in [-0.2, 0) is 11.2 Å². The number of aryl methyl sites for hydroxylation is 1. The first kappa shape index (κ1) is 12.2. The van der Waals surface area contributed by atoms with Gasteiger partial charge in [0, 0.05) is 12.6 Å². The standard InChI is InChI=1S/C13H14N2O3/c1-18-12-5-3-2-4-11(12)15-9-10(8-14-15)6-7-13(16)17/h2-5,8-9H,6-7H2,1H3,(H,16,17). The number of para-hydroxylation sites is 2. The third kappa shape index (κ3) is 2.68. The van der Waals surface area contributed by atoms with E-state index in [-0.39, 0.29) is 6.42 Å². The maximum absolute atomic E-state index is 10.5. The highest BCUT2D eigenvalue weighted by Gasteiger charge is 2.07. The van der Waals surface area contributed by atoms with Crippen molar-refractivity contribution in [3.8, 4) is 11.4 Å². The minimum Gasteiger partial charge on any atom is -0.494 e. The summed E-state index contributed by atoms with van der Waals surface area (Å²) in [4.78, 5) is 10.5. The molecule has 0 aliphatic rings. The molecule has 18 heavy (non-hydrogen) atoms. The van der Waals surface area contributed by atoms with Crippen molar-refractivity contribution >= 4 is 5.97 Å². The van der Waals surface area contributed by atoms with E-state index >= 15 is 0 Å². The summed E-state index contributed by atoms with van der Waals surface area (Å²) in [6, 6.07) is 7.54. The molecule has 0 aliphatic heterocycles. The Morgan fingerprint density at radius 3 is 2.94 bits per heavy atom. The third-order valence-electron chi connectivity index (χ3n) is 2.60. The van der Waals surface area contributed by atoms with E-state index in [0.29, 0.717) is 6.42 Å². The highest BCUT2D eigenvalue weighted by molar-refractivity contribution is 5.67. The van der Waals surface area contributed by atoms with Crippen molar-refractivity contribution in [1.29, 1.82) is 0 Å². The van der Waals surface area contributed by atoms with Gasteiger partial charge in [0.2, 0.25) is 0 Å². The van der Waals surface area contributed by atoms with E-state index in [9.17, 15) is 4.79 Å². The molecule has 1 N–H and O–H groups in total. The lowest BCUT2D eigenvalue weighted by Gasteiger charge is -2.07. The van der Waals surface area contributed by atoms with Crippen molar-refractivity contribution in [2.24, 2.45) is 0 Å². The first-order chi connectivity index (χ1) is 8.70. The molecule has 0 saturated heterocycles. The Bertz CT molecular complexity index is 549. The van der Waals surface area contributed by atoms with Crippen LogP contribution in [0.15, 0.2) is 36.7 Å². The van der Waals surface area contributed by atoms with Gasteiger partial charge in [0.15, 0.2) is 0 Å². The highest BCUT2D eigenvalue weighted by atomic mass is 16.5. The van der Waals surface area contributed by atoms with Crippen molar-refractivity contribution in [2.45, 2.75) is 12.8 Å². The normalized spacial score (nSPS) is 10.3. The Labute approximate surface area is 105 Å². The van der Waals surface area contributed by atoms with Crippen LogP contribution in [0.5, 0.6) is 5.75 Å². The lowest BCUT2D eigenvalue weighted by molar-refractivity contribution is -0.136. The number of ether oxygens (including phenoxy) is 1. The summed E-state index contributed by atoms with van der Waals surface area (Å²) in [6.07, 6.45) is 4.08. The summed E-state index contributed by atoms with van der Waals surface area (Å²) in [5.41, 5.74) is 1.73. The Morgan fingerprint density at radius 2 is 2.22 bits per heavy atom. The molecule has 1 aromatic carbocycles. The third-order valence-corrected chi connectivity index (χ3v) is 2.60. The number of benzene rings is 1. The molecule has 0 amide bonds. The molecular formula is C13H14N2O3. The van der Waals surface area contributed by atoms with Crippen LogP contribution in [0.3, 0.4) is 0 Å². The second-order valence-corrected chi connectivity index (χ2v) is 3.86. The van der Waals surface area contributed by atoms with E-state index in [1.165, 1.54) is 0 Å². The predicted octanol–water partition coefficient (Wildman–Crippen LogP) is 1.90. The van der Waals surface area contributed by atoms with Crippen molar-refractivity contribution in [2.75, 3.05) is 7.11 Å². The van der Waals surface area contributed by atoms with Crippen LogP contribution in [0.1, 0.15) is 12.0 Å². The highest BCUT2D eigenvalue weighted by Crippen LogP contribution is 2.21. The van der Waals surface area contributed by atoms with Gasteiger partial charge in [0.1, 0.15) is 11.4 Å². The number of hydrogen-bond donors (Lipinski definition) is 1. The fraction of sp³-hybridized carbons (Fsp3) is 0.231. The second-order valence-electron chi connectivity index (χ2n) is 3.86. The summed E-state index contributed by atoms with van der Waals surface area (Å²) in [5.74, 6) is -0.0783. The number of carbonyl (C=O) groups is 1. The Kier molecular flexibility index (Phi) is 3.62. The van der Waals surface area contributed by atoms with Gasteiger partial charge in [-0.05, 0) is 24.1 Å². The number of aliphatic carboxylic acids is 1. The predicted molar refractivity (Wildman–Crippen MR) is 66.1 cm³/mol. The Balaban J connectivity index is 2.21. The topological polar surface area (TPSA) is 64.3 Å². The molecule has 1 heterocycles. The fourth-order valence-electron chi connectivity index (χ4n) is 1.69. The maximum atomic E-state index is 10.5. The van der Waals surface area contributed by atoms with Gasteiger partial charge in [-0.2, -0.15) is 5.10 Å². The van der Waals surface area contributed by atoms with Crippen molar-refractivity contribution in [1.82, 2.24) is 9.78 Å². The van der Waals surface area contributed by atoms with Crippen LogP contribution in [0.2, 0.25) is 0 Å². The molecule has 0 unspecified atom stereocenters. The average molecular weight is 246 g/mol. The van der Waals surface area contributed by atoms with Crippen LogP contribution in [0.4, 0.5) is 0 Å². The molecule has 2 aromatic rings. The molecule has 0 atom stereocenters. The molecule has 0 radical (unpaired) electrons. The smallest absolute Gasteiger partial charge is 0.303 e. The van der Waals surface area contributed by atoms with Gasteiger partial charge in [0.25, 0.3) is 0 Å². The van der Waals surface area contributed by atoms with Crippen molar-refractivity contribution < 1.29 is 14.6 Å². The monoisotopic (exact) mass is 246 g/mol. The first-order valence-electron chi connectivity index (χ1n) is 5.59. The summed E-state index contributed by atoms with van der Waals surface area (Å²) in [6.45, 7) is 0.